The first-order valence-corrected chi connectivity index (χ1v) is 6.62. The van der Waals surface area contributed by atoms with Crippen LogP contribution in [0.25, 0.3) is 0 Å². The van der Waals surface area contributed by atoms with E-state index in [-0.39, 0.29) is 5.82 Å². The van der Waals surface area contributed by atoms with Gasteiger partial charge in [-0.25, -0.2) is 4.39 Å². The smallest absolute Gasteiger partial charge is 0.133 e. The van der Waals surface area contributed by atoms with Crippen LogP contribution in [-0.4, -0.2) is 33.2 Å². The molecule has 1 aliphatic heterocycles. The van der Waals surface area contributed by atoms with Gasteiger partial charge in [-0.05, 0) is 12.1 Å². The highest BCUT2D eigenvalue weighted by Crippen LogP contribution is 2.17. The van der Waals surface area contributed by atoms with Crippen LogP contribution >= 0.6 is 11.6 Å². The van der Waals surface area contributed by atoms with Crippen molar-refractivity contribution in [3.63, 3.8) is 0 Å². The largest absolute Gasteiger partial charge is 0.333 e. The van der Waals surface area contributed by atoms with E-state index in [2.05, 4.69) is 7.05 Å². The zero-order valence-corrected chi connectivity index (χ0v) is 11.0. The van der Waals surface area contributed by atoms with Crippen molar-refractivity contribution in [2.24, 2.45) is 0 Å². The summed E-state index contributed by atoms with van der Waals surface area (Å²) in [6, 6.07) is 4.93. The maximum atomic E-state index is 13.7. The second-order valence-corrected chi connectivity index (χ2v) is 5.34. The monoisotopic (exact) mass is 258 g/mol. The van der Waals surface area contributed by atoms with Gasteiger partial charge >= 0.3 is 0 Å². The summed E-state index contributed by atoms with van der Waals surface area (Å²) in [6.07, 6.45) is 1.20. The third-order valence-corrected chi connectivity index (χ3v) is 3.88. The number of benzene rings is 1. The molecule has 1 fully saturated rings. The quantitative estimate of drug-likeness (QED) is 0.726. The molecule has 1 aromatic carbocycles. The Labute approximate surface area is 107 Å². The Kier molecular flexibility index (Phi) is 4.37. The minimum Gasteiger partial charge on any atom is -0.333 e. The molecule has 1 heterocycles. The van der Waals surface area contributed by atoms with Gasteiger partial charge in [0.2, 0.25) is 0 Å². The summed E-state index contributed by atoms with van der Waals surface area (Å²) in [7, 11) is 2.22. The molecule has 0 radical (unpaired) electrons. The lowest BCUT2D eigenvalue weighted by Crippen LogP contribution is -3.15. The van der Waals surface area contributed by atoms with Crippen LogP contribution in [0.15, 0.2) is 18.2 Å². The Balaban J connectivity index is 2.05. The standard InChI is InChI=1S/C13H18ClFN2/c1-16-6-3-7-17(9-8-16)10-11-12(14)4-2-5-13(11)15/h2,4-5H,3,6-10H2,1H3/p+2. The van der Waals surface area contributed by atoms with E-state index in [1.54, 1.807) is 17.0 Å². The molecule has 2 nitrogen and oxygen atoms in total. The highest BCUT2D eigenvalue weighted by atomic mass is 35.5. The normalized spacial score (nSPS) is 25.6. The Bertz CT molecular complexity index is 363. The molecule has 0 aliphatic carbocycles. The molecule has 17 heavy (non-hydrogen) atoms. The van der Waals surface area contributed by atoms with Gasteiger partial charge in [0.15, 0.2) is 0 Å². The predicted octanol–water partition coefficient (Wildman–Crippen LogP) is -0.218. The molecule has 0 amide bonds. The number of hydrogen-bond donors (Lipinski definition) is 2. The average molecular weight is 259 g/mol. The van der Waals surface area contributed by atoms with Crippen molar-refractivity contribution in [2.45, 2.75) is 13.0 Å². The molecule has 2 unspecified atom stereocenters. The van der Waals surface area contributed by atoms with Gasteiger partial charge in [-0.3, -0.25) is 0 Å². The van der Waals surface area contributed by atoms with Crippen molar-refractivity contribution in [1.29, 1.82) is 0 Å². The molecular weight excluding hydrogens is 239 g/mol. The number of nitrogens with one attached hydrogen (secondary N) is 2. The highest BCUT2D eigenvalue weighted by Gasteiger charge is 2.20. The first-order chi connectivity index (χ1) is 8.16. The highest BCUT2D eigenvalue weighted by molar-refractivity contribution is 6.31. The Morgan fingerprint density at radius 1 is 1.24 bits per heavy atom. The van der Waals surface area contributed by atoms with Crippen molar-refractivity contribution in [3.05, 3.63) is 34.6 Å². The van der Waals surface area contributed by atoms with Gasteiger partial charge in [-0.15, -0.1) is 0 Å². The van der Waals surface area contributed by atoms with E-state index in [4.69, 9.17) is 11.6 Å². The van der Waals surface area contributed by atoms with Crippen molar-refractivity contribution in [3.8, 4) is 0 Å². The molecule has 1 saturated heterocycles. The summed E-state index contributed by atoms with van der Waals surface area (Å²) < 4.78 is 13.7. The summed E-state index contributed by atoms with van der Waals surface area (Å²) in [5, 5.41) is 0.558. The first kappa shape index (κ1) is 12.8. The Hall–Kier alpha value is -0.640. The third-order valence-electron chi connectivity index (χ3n) is 3.53. The third kappa shape index (κ3) is 3.41. The summed E-state index contributed by atoms with van der Waals surface area (Å²) in [5.41, 5.74) is 0.670. The van der Waals surface area contributed by atoms with Crippen LogP contribution in [0.2, 0.25) is 5.02 Å². The van der Waals surface area contributed by atoms with Gasteiger partial charge in [0.25, 0.3) is 0 Å². The van der Waals surface area contributed by atoms with Crippen LogP contribution in [0, 0.1) is 5.82 Å². The summed E-state index contributed by atoms with van der Waals surface area (Å²) in [5.74, 6) is -0.171. The van der Waals surface area contributed by atoms with Crippen LogP contribution in [0.4, 0.5) is 4.39 Å². The van der Waals surface area contributed by atoms with Crippen molar-refractivity contribution >= 4 is 11.6 Å². The fraction of sp³-hybridized carbons (Fsp3) is 0.538. The van der Waals surface area contributed by atoms with Gasteiger partial charge in [0.1, 0.15) is 25.5 Å². The van der Waals surface area contributed by atoms with Crippen LogP contribution in [0.1, 0.15) is 12.0 Å². The molecule has 0 bridgehead atoms. The topological polar surface area (TPSA) is 8.88 Å². The Morgan fingerprint density at radius 2 is 2.06 bits per heavy atom. The molecule has 4 heteroatoms. The van der Waals surface area contributed by atoms with Gasteiger partial charge < -0.3 is 9.80 Å². The van der Waals surface area contributed by atoms with E-state index < -0.39 is 0 Å². The van der Waals surface area contributed by atoms with E-state index >= 15 is 0 Å². The van der Waals surface area contributed by atoms with E-state index in [0.717, 1.165) is 19.6 Å². The summed E-state index contributed by atoms with van der Waals surface area (Å²) >= 11 is 6.06. The molecule has 0 saturated carbocycles. The van der Waals surface area contributed by atoms with Crippen LogP contribution in [0.5, 0.6) is 0 Å². The minimum absolute atomic E-state index is 0.171. The van der Waals surface area contributed by atoms with Gasteiger partial charge in [0.05, 0.1) is 30.7 Å². The van der Waals surface area contributed by atoms with Gasteiger partial charge in [0, 0.05) is 6.42 Å². The van der Waals surface area contributed by atoms with Gasteiger partial charge in [-0.2, -0.15) is 0 Å². The zero-order valence-electron chi connectivity index (χ0n) is 10.2. The molecule has 1 aromatic rings. The molecule has 2 atom stereocenters. The van der Waals surface area contributed by atoms with Crippen LogP contribution in [0.3, 0.4) is 0 Å². The lowest BCUT2D eigenvalue weighted by atomic mass is 10.2. The number of likely N-dealkylation sites (N-methyl/N-ethyl adjacent to an activating group) is 1. The average Bonchev–Trinajstić information content (AvgIpc) is 2.49. The second-order valence-electron chi connectivity index (χ2n) is 4.94. The number of hydrogen-bond acceptors (Lipinski definition) is 0. The van der Waals surface area contributed by atoms with Crippen LogP contribution in [-0.2, 0) is 6.54 Å². The molecular formula is C13H20ClFN2+2. The van der Waals surface area contributed by atoms with Crippen molar-refractivity contribution < 1.29 is 14.2 Å². The van der Waals surface area contributed by atoms with E-state index in [1.807, 2.05) is 0 Å². The molecule has 2 N–H and O–H groups in total. The lowest BCUT2D eigenvalue weighted by Gasteiger charge is -2.17. The van der Waals surface area contributed by atoms with E-state index in [9.17, 15) is 4.39 Å². The SMILES string of the molecule is C[NH+]1CCC[NH+](Cc2c(F)cccc2Cl)CC1. The minimum atomic E-state index is -0.171. The van der Waals surface area contributed by atoms with Crippen LogP contribution < -0.4 is 9.80 Å². The first-order valence-electron chi connectivity index (χ1n) is 6.24. The molecule has 1 aliphatic rings. The molecule has 0 aromatic heterocycles. The van der Waals surface area contributed by atoms with Crippen molar-refractivity contribution in [2.75, 3.05) is 33.2 Å². The fourth-order valence-corrected chi connectivity index (χ4v) is 2.64. The zero-order chi connectivity index (χ0) is 12.3. The fourth-order valence-electron chi connectivity index (χ4n) is 2.41. The summed E-state index contributed by atoms with van der Waals surface area (Å²) in [4.78, 5) is 3.01. The number of rotatable bonds is 2. The predicted molar refractivity (Wildman–Crippen MR) is 67.0 cm³/mol. The van der Waals surface area contributed by atoms with Gasteiger partial charge in [-0.1, -0.05) is 17.7 Å². The second kappa shape index (κ2) is 5.80. The lowest BCUT2D eigenvalue weighted by molar-refractivity contribution is -0.938. The summed E-state index contributed by atoms with van der Waals surface area (Å²) in [6.45, 7) is 5.28. The number of halogens is 2. The van der Waals surface area contributed by atoms with E-state index in [1.165, 1.54) is 23.9 Å². The maximum Gasteiger partial charge on any atom is 0.133 e. The Morgan fingerprint density at radius 3 is 2.82 bits per heavy atom. The van der Waals surface area contributed by atoms with E-state index in [0.29, 0.717) is 17.1 Å². The van der Waals surface area contributed by atoms with Crippen molar-refractivity contribution in [1.82, 2.24) is 0 Å². The molecule has 0 spiro atoms. The maximum absolute atomic E-state index is 13.7. The molecule has 2 rings (SSSR count). The molecule has 94 valence electrons. The number of quaternary nitrogens is 2.